The second-order valence-corrected chi connectivity index (χ2v) is 6.78. The Balaban J connectivity index is 2.33. The number of benzene rings is 1. The van der Waals surface area contributed by atoms with Crippen molar-refractivity contribution in [2.45, 2.75) is 19.3 Å². The molecule has 2 N–H and O–H groups in total. The molecule has 0 aliphatic heterocycles. The summed E-state index contributed by atoms with van der Waals surface area (Å²) in [6.07, 6.45) is 2.69. The molecule has 0 heterocycles. The third-order valence-corrected chi connectivity index (χ3v) is 4.97. The van der Waals surface area contributed by atoms with Crippen LogP contribution in [-0.2, 0) is 14.8 Å². The Labute approximate surface area is 126 Å². The number of allylic oxidation sites excluding steroid dienone is 1. The molecule has 1 aliphatic carbocycles. The van der Waals surface area contributed by atoms with Crippen molar-refractivity contribution in [3.8, 4) is 0 Å². The van der Waals surface area contributed by atoms with Crippen molar-refractivity contribution in [2.24, 2.45) is 5.92 Å². The van der Waals surface area contributed by atoms with Crippen LogP contribution in [0.25, 0.3) is 0 Å². The van der Waals surface area contributed by atoms with Crippen LogP contribution >= 0.6 is 11.6 Å². The van der Waals surface area contributed by atoms with Crippen molar-refractivity contribution in [2.75, 3.05) is 4.72 Å². The number of sulfonamides is 1. The van der Waals surface area contributed by atoms with Crippen molar-refractivity contribution in [3.05, 3.63) is 40.0 Å². The van der Waals surface area contributed by atoms with Crippen LogP contribution < -0.4 is 4.72 Å². The van der Waals surface area contributed by atoms with E-state index in [0.717, 1.165) is 6.07 Å². The lowest BCUT2D eigenvalue weighted by molar-refractivity contribution is -0.140. The lowest BCUT2D eigenvalue weighted by atomic mass is 9.96. The maximum Gasteiger partial charge on any atom is 0.311 e. The van der Waals surface area contributed by atoms with Crippen molar-refractivity contribution < 1.29 is 22.7 Å². The zero-order valence-electron chi connectivity index (χ0n) is 10.8. The number of aliphatic carboxylic acids is 1. The van der Waals surface area contributed by atoms with Crippen LogP contribution in [0.5, 0.6) is 0 Å². The molecule has 0 amide bonds. The van der Waals surface area contributed by atoms with Crippen LogP contribution in [0.2, 0.25) is 5.02 Å². The first kappa shape index (κ1) is 15.8. The molecule has 1 aromatic carbocycles. The number of carboxylic acid groups (broad SMARTS) is 1. The van der Waals surface area contributed by atoms with Crippen LogP contribution in [0, 0.1) is 11.7 Å². The lowest BCUT2D eigenvalue weighted by Gasteiger charge is -2.21. The molecule has 1 aromatic rings. The molecule has 21 heavy (non-hydrogen) atoms. The van der Waals surface area contributed by atoms with Gasteiger partial charge in [0.15, 0.2) is 0 Å². The van der Waals surface area contributed by atoms with Crippen LogP contribution in [0.4, 0.5) is 10.1 Å². The summed E-state index contributed by atoms with van der Waals surface area (Å²) in [5, 5.41) is 9.24. The van der Waals surface area contributed by atoms with E-state index < -0.39 is 27.7 Å². The molecule has 0 saturated heterocycles. The Kier molecular flexibility index (Phi) is 4.53. The van der Waals surface area contributed by atoms with Gasteiger partial charge in [0.1, 0.15) is 5.82 Å². The zero-order chi connectivity index (χ0) is 15.6. The number of nitrogens with one attached hydrogen (secondary N) is 1. The predicted octanol–water partition coefficient (Wildman–Crippen LogP) is 2.99. The van der Waals surface area contributed by atoms with Crippen molar-refractivity contribution >= 4 is 33.3 Å². The maximum absolute atomic E-state index is 13.7. The molecule has 114 valence electrons. The third kappa shape index (κ3) is 3.54. The first-order valence-corrected chi connectivity index (χ1v) is 8.08. The van der Waals surface area contributed by atoms with E-state index in [9.17, 15) is 17.6 Å². The quantitative estimate of drug-likeness (QED) is 0.887. The van der Waals surface area contributed by atoms with Gasteiger partial charge in [0.2, 0.25) is 0 Å². The zero-order valence-corrected chi connectivity index (χ0v) is 12.4. The van der Waals surface area contributed by atoms with Gasteiger partial charge in [-0.25, -0.2) is 12.8 Å². The molecule has 5 nitrogen and oxygen atoms in total. The van der Waals surface area contributed by atoms with Gasteiger partial charge in [0.05, 0.1) is 16.5 Å². The topological polar surface area (TPSA) is 83.5 Å². The Bertz CT molecular complexity index is 702. The third-order valence-electron chi connectivity index (χ3n) is 3.17. The van der Waals surface area contributed by atoms with Gasteiger partial charge in [0, 0.05) is 5.02 Å². The van der Waals surface area contributed by atoms with E-state index in [-0.39, 0.29) is 22.0 Å². The van der Waals surface area contributed by atoms with Crippen LogP contribution in [0.1, 0.15) is 19.3 Å². The molecule has 1 atom stereocenters. The SMILES string of the molecule is O=C(O)C1CCCC=C1S(=O)(=O)Nc1ccc(Cl)cc1F. The van der Waals surface area contributed by atoms with Gasteiger partial charge < -0.3 is 5.11 Å². The highest BCUT2D eigenvalue weighted by atomic mass is 35.5. The standard InChI is InChI=1S/C13H13ClFNO4S/c14-8-5-6-11(10(15)7-8)16-21(19,20)12-4-2-1-3-9(12)13(17)18/h4-7,9,16H,1-3H2,(H,17,18). The number of hydrogen-bond acceptors (Lipinski definition) is 3. The average Bonchev–Trinajstić information content (AvgIpc) is 2.42. The molecule has 0 fully saturated rings. The summed E-state index contributed by atoms with van der Waals surface area (Å²) < 4.78 is 40.3. The van der Waals surface area contributed by atoms with E-state index in [1.165, 1.54) is 18.2 Å². The fraction of sp³-hybridized carbons (Fsp3) is 0.308. The summed E-state index contributed by atoms with van der Waals surface area (Å²) >= 11 is 5.60. The Morgan fingerprint density at radius 2 is 2.14 bits per heavy atom. The molecule has 1 aliphatic rings. The van der Waals surface area contributed by atoms with E-state index in [0.29, 0.717) is 12.8 Å². The fourth-order valence-electron chi connectivity index (χ4n) is 2.17. The first-order chi connectivity index (χ1) is 9.81. The monoisotopic (exact) mass is 333 g/mol. The number of halogens is 2. The van der Waals surface area contributed by atoms with Crippen molar-refractivity contribution in [3.63, 3.8) is 0 Å². The molecule has 0 radical (unpaired) electrons. The second-order valence-electron chi connectivity index (χ2n) is 4.66. The van der Waals surface area contributed by atoms with E-state index in [2.05, 4.69) is 4.72 Å². The van der Waals surface area contributed by atoms with Gasteiger partial charge in [-0.3, -0.25) is 9.52 Å². The summed E-state index contributed by atoms with van der Waals surface area (Å²) in [6, 6.07) is 3.50. The highest BCUT2D eigenvalue weighted by Gasteiger charge is 2.33. The van der Waals surface area contributed by atoms with E-state index in [1.807, 2.05) is 0 Å². The van der Waals surface area contributed by atoms with Gasteiger partial charge in [-0.2, -0.15) is 0 Å². The van der Waals surface area contributed by atoms with Crippen molar-refractivity contribution in [1.82, 2.24) is 0 Å². The minimum atomic E-state index is -4.12. The highest BCUT2D eigenvalue weighted by Crippen LogP contribution is 2.31. The lowest BCUT2D eigenvalue weighted by Crippen LogP contribution is -2.28. The molecule has 8 heteroatoms. The average molecular weight is 334 g/mol. The highest BCUT2D eigenvalue weighted by molar-refractivity contribution is 7.96. The normalized spacial score (nSPS) is 19.0. The van der Waals surface area contributed by atoms with Gasteiger partial charge >= 0.3 is 5.97 Å². The Morgan fingerprint density at radius 1 is 1.43 bits per heavy atom. The molecular formula is C13H13ClFNO4S. The van der Waals surface area contributed by atoms with E-state index in [4.69, 9.17) is 16.7 Å². The molecule has 0 aromatic heterocycles. The van der Waals surface area contributed by atoms with Crippen molar-refractivity contribution in [1.29, 1.82) is 0 Å². The second kappa shape index (κ2) is 6.03. The van der Waals surface area contributed by atoms with E-state index in [1.54, 1.807) is 0 Å². The van der Waals surface area contributed by atoms with Gasteiger partial charge in [-0.05, 0) is 37.5 Å². The van der Waals surface area contributed by atoms with Crippen LogP contribution in [-0.4, -0.2) is 19.5 Å². The smallest absolute Gasteiger partial charge is 0.311 e. The number of hydrogen-bond donors (Lipinski definition) is 2. The fourth-order valence-corrected chi connectivity index (χ4v) is 3.83. The number of anilines is 1. The number of carboxylic acids is 1. The van der Waals surface area contributed by atoms with Crippen LogP contribution in [0.15, 0.2) is 29.2 Å². The summed E-state index contributed by atoms with van der Waals surface area (Å²) in [6.45, 7) is 0. The predicted molar refractivity (Wildman–Crippen MR) is 77.0 cm³/mol. The summed E-state index contributed by atoms with van der Waals surface area (Å²) in [4.78, 5) is 10.9. The molecule has 2 rings (SSSR count). The summed E-state index contributed by atoms with van der Waals surface area (Å²) in [5.74, 6) is -3.14. The first-order valence-electron chi connectivity index (χ1n) is 6.22. The van der Waals surface area contributed by atoms with Gasteiger partial charge in [-0.1, -0.05) is 17.7 Å². The Morgan fingerprint density at radius 3 is 2.76 bits per heavy atom. The van der Waals surface area contributed by atoms with E-state index >= 15 is 0 Å². The minimum Gasteiger partial charge on any atom is -0.481 e. The van der Waals surface area contributed by atoms with Crippen LogP contribution in [0.3, 0.4) is 0 Å². The van der Waals surface area contributed by atoms with Gasteiger partial charge in [0.25, 0.3) is 10.0 Å². The molecular weight excluding hydrogens is 321 g/mol. The largest absolute Gasteiger partial charge is 0.481 e. The van der Waals surface area contributed by atoms with Gasteiger partial charge in [-0.15, -0.1) is 0 Å². The summed E-state index contributed by atoms with van der Waals surface area (Å²) in [5.41, 5.74) is -0.269. The molecule has 1 unspecified atom stereocenters. The Hall–Kier alpha value is -1.60. The molecule has 0 spiro atoms. The number of rotatable bonds is 4. The minimum absolute atomic E-state index is 0.135. The molecule has 0 bridgehead atoms. The molecule has 0 saturated carbocycles. The number of carbonyl (C=O) groups is 1. The maximum atomic E-state index is 13.7. The summed E-state index contributed by atoms with van der Waals surface area (Å²) in [7, 11) is -4.12.